The van der Waals surface area contributed by atoms with Gasteiger partial charge in [-0.3, -0.25) is 4.79 Å². The van der Waals surface area contributed by atoms with Gasteiger partial charge < -0.3 is 5.11 Å². The summed E-state index contributed by atoms with van der Waals surface area (Å²) in [4.78, 5) is 10.2. The summed E-state index contributed by atoms with van der Waals surface area (Å²) in [6, 6.07) is 0. The van der Waals surface area contributed by atoms with Gasteiger partial charge in [0, 0.05) is 17.9 Å². The van der Waals surface area contributed by atoms with Crippen molar-refractivity contribution >= 4 is 27.6 Å². The average Bonchev–Trinajstić information content (AvgIpc) is 2.25. The first-order valence-electron chi connectivity index (χ1n) is 6.23. The Morgan fingerprint density at radius 1 is 0.938 bits per heavy atom. The Kier molecular flexibility index (Phi) is 13.4. The monoisotopic (exact) mass is 264 g/mol. The lowest BCUT2D eigenvalue weighted by molar-refractivity contribution is -0.137. The van der Waals surface area contributed by atoms with Gasteiger partial charge in [0.1, 0.15) is 0 Å². The molecule has 0 aliphatic rings. The van der Waals surface area contributed by atoms with Gasteiger partial charge in [0.25, 0.3) is 0 Å². The van der Waals surface area contributed by atoms with Crippen LogP contribution < -0.4 is 0 Å². The summed E-state index contributed by atoms with van der Waals surface area (Å²) >= 11 is 0. The van der Waals surface area contributed by atoms with Gasteiger partial charge in [-0.1, -0.05) is 60.6 Å². The number of carboxylic acid groups (broad SMARTS) is 1. The van der Waals surface area contributed by atoms with E-state index in [9.17, 15) is 4.79 Å². The zero-order chi connectivity index (χ0) is 12.1. The molecule has 0 aliphatic carbocycles. The molecule has 0 atom stereocenters. The summed E-state index contributed by atoms with van der Waals surface area (Å²) in [5.41, 5.74) is 0. The van der Waals surface area contributed by atoms with Crippen LogP contribution in [0.4, 0.5) is 0 Å². The van der Waals surface area contributed by atoms with Crippen LogP contribution in [0.3, 0.4) is 0 Å². The maximum atomic E-state index is 10.2. The summed E-state index contributed by atoms with van der Waals surface area (Å²) in [7, 11) is 3.71. The van der Waals surface area contributed by atoms with E-state index in [0.29, 0.717) is 6.42 Å². The Bertz CT molecular complexity index is 163. The van der Waals surface area contributed by atoms with Crippen molar-refractivity contribution in [1.29, 1.82) is 0 Å². The molecule has 1 N–H and O–H groups in total. The van der Waals surface area contributed by atoms with E-state index < -0.39 is 5.97 Å². The Balaban J connectivity index is 2.90. The lowest BCUT2D eigenvalue weighted by atomic mass is 10.1. The molecule has 96 valence electrons. The van der Waals surface area contributed by atoms with Gasteiger partial charge in [-0.25, -0.2) is 0 Å². The fourth-order valence-corrected chi connectivity index (χ4v) is 3.58. The predicted octanol–water partition coefficient (Wildman–Crippen LogP) is 4.59. The smallest absolute Gasteiger partial charge is 0.303 e. The molecule has 0 aromatic carbocycles. The van der Waals surface area contributed by atoms with Gasteiger partial charge in [-0.2, -0.15) is 0 Å². The third-order valence-electron chi connectivity index (χ3n) is 2.28. The normalized spacial score (nSPS) is 10.6. The third-order valence-corrected chi connectivity index (χ3v) is 4.86. The van der Waals surface area contributed by atoms with E-state index in [2.05, 4.69) is 6.92 Å². The fraction of sp³-hybridized carbons (Fsp3) is 0.917. The van der Waals surface area contributed by atoms with Crippen LogP contribution in [-0.2, 0) is 4.79 Å². The van der Waals surface area contributed by atoms with E-state index in [1.165, 1.54) is 44.3 Å². The first kappa shape index (κ1) is 16.2. The Morgan fingerprint density at radius 3 is 2.12 bits per heavy atom. The number of unbranched alkanes of at least 4 members (excludes halogenated alkanes) is 5. The van der Waals surface area contributed by atoms with E-state index in [4.69, 9.17) is 5.11 Å². The van der Waals surface area contributed by atoms with Crippen LogP contribution in [0.5, 0.6) is 0 Å². The van der Waals surface area contributed by atoms with Crippen molar-refractivity contribution in [2.75, 3.05) is 11.5 Å². The SMILES string of the molecule is CCCCCCCCSSCCCC(=O)O. The summed E-state index contributed by atoms with van der Waals surface area (Å²) in [6.07, 6.45) is 9.20. The van der Waals surface area contributed by atoms with Crippen LogP contribution in [-0.4, -0.2) is 22.6 Å². The first-order valence-corrected chi connectivity index (χ1v) is 8.72. The molecule has 0 unspecified atom stereocenters. The molecule has 16 heavy (non-hydrogen) atoms. The fourth-order valence-electron chi connectivity index (χ4n) is 1.34. The zero-order valence-corrected chi connectivity index (χ0v) is 11.9. The highest BCUT2D eigenvalue weighted by Gasteiger charge is 1.97. The van der Waals surface area contributed by atoms with Crippen LogP contribution in [0, 0.1) is 0 Å². The topological polar surface area (TPSA) is 37.3 Å². The van der Waals surface area contributed by atoms with Gasteiger partial charge >= 0.3 is 5.97 Å². The Hall–Kier alpha value is 0.170. The highest BCUT2D eigenvalue weighted by molar-refractivity contribution is 8.76. The molecular formula is C12H24O2S2. The molecule has 0 heterocycles. The standard InChI is InChI=1S/C12H24O2S2/c1-2-3-4-5-6-7-10-15-16-11-8-9-12(13)14/h2-11H2,1H3,(H,13,14). The minimum atomic E-state index is -0.679. The summed E-state index contributed by atoms with van der Waals surface area (Å²) < 4.78 is 0. The number of aliphatic carboxylic acids is 1. The van der Waals surface area contributed by atoms with E-state index in [1.54, 1.807) is 0 Å². The van der Waals surface area contributed by atoms with E-state index in [-0.39, 0.29) is 0 Å². The van der Waals surface area contributed by atoms with Crippen molar-refractivity contribution < 1.29 is 9.90 Å². The Labute approximate surface area is 107 Å². The molecule has 0 spiro atoms. The van der Waals surface area contributed by atoms with Gasteiger partial charge in [-0.15, -0.1) is 0 Å². The molecule has 0 aromatic rings. The molecule has 0 saturated heterocycles. The lowest BCUT2D eigenvalue weighted by Crippen LogP contribution is -1.94. The number of rotatable bonds is 12. The van der Waals surface area contributed by atoms with Crippen LogP contribution >= 0.6 is 21.6 Å². The second kappa shape index (κ2) is 13.2. The van der Waals surface area contributed by atoms with Crippen molar-refractivity contribution in [2.24, 2.45) is 0 Å². The molecule has 0 rings (SSSR count). The highest BCUT2D eigenvalue weighted by atomic mass is 33.1. The molecule has 0 aliphatic heterocycles. The summed E-state index contributed by atoms with van der Waals surface area (Å²) in [6.45, 7) is 2.24. The number of hydrogen-bond acceptors (Lipinski definition) is 3. The van der Waals surface area contributed by atoms with Crippen molar-refractivity contribution in [3.05, 3.63) is 0 Å². The second-order valence-corrected chi connectivity index (χ2v) is 6.61. The van der Waals surface area contributed by atoms with Crippen LogP contribution in [0.25, 0.3) is 0 Å². The van der Waals surface area contributed by atoms with Crippen molar-refractivity contribution in [2.45, 2.75) is 58.3 Å². The van der Waals surface area contributed by atoms with Gasteiger partial charge in [-0.05, 0) is 12.8 Å². The van der Waals surface area contributed by atoms with Gasteiger partial charge in [0.05, 0.1) is 0 Å². The molecule has 0 saturated carbocycles. The average molecular weight is 264 g/mol. The van der Waals surface area contributed by atoms with Gasteiger partial charge in [0.2, 0.25) is 0 Å². The minimum absolute atomic E-state index is 0.310. The lowest BCUT2D eigenvalue weighted by Gasteiger charge is -2.01. The van der Waals surface area contributed by atoms with Crippen LogP contribution in [0.2, 0.25) is 0 Å². The maximum absolute atomic E-state index is 10.2. The molecule has 0 amide bonds. The number of hydrogen-bond donors (Lipinski definition) is 1. The van der Waals surface area contributed by atoms with Crippen molar-refractivity contribution in [1.82, 2.24) is 0 Å². The number of carbonyl (C=O) groups is 1. The number of carboxylic acids is 1. The molecule has 2 nitrogen and oxygen atoms in total. The maximum Gasteiger partial charge on any atom is 0.303 e. The van der Waals surface area contributed by atoms with Crippen molar-refractivity contribution in [3.63, 3.8) is 0 Å². The Morgan fingerprint density at radius 2 is 1.50 bits per heavy atom. The van der Waals surface area contributed by atoms with Crippen molar-refractivity contribution in [3.8, 4) is 0 Å². The quantitative estimate of drug-likeness (QED) is 0.413. The zero-order valence-electron chi connectivity index (χ0n) is 10.2. The van der Waals surface area contributed by atoms with Gasteiger partial charge in [0.15, 0.2) is 0 Å². The summed E-state index contributed by atoms with van der Waals surface area (Å²) in [5, 5.41) is 8.44. The first-order chi connectivity index (χ1) is 7.77. The molecule has 0 aromatic heterocycles. The van der Waals surface area contributed by atoms with Crippen LogP contribution in [0.15, 0.2) is 0 Å². The largest absolute Gasteiger partial charge is 0.481 e. The molecule has 0 radical (unpaired) electrons. The van der Waals surface area contributed by atoms with E-state index in [0.717, 1.165) is 12.2 Å². The molecule has 0 bridgehead atoms. The molecular weight excluding hydrogens is 240 g/mol. The summed E-state index contributed by atoms with van der Waals surface area (Å²) in [5.74, 6) is 1.50. The molecule has 4 heteroatoms. The second-order valence-electron chi connectivity index (χ2n) is 3.91. The highest BCUT2D eigenvalue weighted by Crippen LogP contribution is 2.24. The van der Waals surface area contributed by atoms with Crippen LogP contribution in [0.1, 0.15) is 58.3 Å². The van der Waals surface area contributed by atoms with E-state index >= 15 is 0 Å². The third kappa shape index (κ3) is 14.2. The molecule has 0 fully saturated rings. The van der Waals surface area contributed by atoms with E-state index in [1.807, 2.05) is 21.6 Å². The minimum Gasteiger partial charge on any atom is -0.481 e. The predicted molar refractivity (Wildman–Crippen MR) is 75.2 cm³/mol.